The first-order valence-electron chi connectivity index (χ1n) is 4.19. The Labute approximate surface area is 81.8 Å². The molecule has 0 aliphatic heterocycles. The van der Waals surface area contributed by atoms with Crippen LogP contribution in [0.25, 0.3) is 0 Å². The summed E-state index contributed by atoms with van der Waals surface area (Å²) < 4.78 is 0. The van der Waals surface area contributed by atoms with E-state index in [4.69, 9.17) is 21.4 Å². The molecule has 4 heteroatoms. The van der Waals surface area contributed by atoms with Crippen LogP contribution in [0.1, 0.15) is 19.5 Å². The number of rotatable bonds is 2. The number of hydrogen-bond donors (Lipinski definition) is 1. The Balaban J connectivity index is 3.16. The van der Waals surface area contributed by atoms with E-state index >= 15 is 0 Å². The zero-order valence-corrected chi connectivity index (χ0v) is 8.04. The van der Waals surface area contributed by atoms with Gasteiger partial charge in [-0.3, -0.25) is 4.98 Å². The average molecular weight is 170 g/mol. The van der Waals surface area contributed by atoms with E-state index in [9.17, 15) is 0 Å². The van der Waals surface area contributed by atoms with Gasteiger partial charge in [-0.05, 0) is 0 Å². The molecule has 2 N–H and O–H groups in total. The fraction of sp³-hybridized carbons (Fsp3) is 0.444. The summed E-state index contributed by atoms with van der Waals surface area (Å²) in [5.74, 6) is 0. The molecule has 0 amide bonds. The van der Waals surface area contributed by atoms with Crippen molar-refractivity contribution in [2.45, 2.75) is 19.3 Å². The van der Waals surface area contributed by atoms with Crippen molar-refractivity contribution in [1.29, 1.82) is 0 Å². The van der Waals surface area contributed by atoms with Crippen molar-refractivity contribution in [3.63, 3.8) is 0 Å². The van der Waals surface area contributed by atoms with Crippen LogP contribution in [0.2, 0.25) is 0 Å². The van der Waals surface area contributed by atoms with Gasteiger partial charge in [0.05, 0.1) is 0 Å². The summed E-state index contributed by atoms with van der Waals surface area (Å²) in [7, 11) is 11.3. The highest BCUT2D eigenvalue weighted by Gasteiger charge is 2.21. The maximum absolute atomic E-state index is 5.79. The van der Waals surface area contributed by atoms with Crippen molar-refractivity contribution in [3.05, 3.63) is 18.0 Å². The third-order valence-corrected chi connectivity index (χ3v) is 2.09. The minimum Gasteiger partial charge on any atom is -0.330 e. The number of hydrogen-bond acceptors (Lipinski definition) is 2. The monoisotopic (exact) mass is 170 g/mol. The summed E-state index contributed by atoms with van der Waals surface area (Å²) in [6.45, 7) is 4.51. The molecule has 13 heavy (non-hydrogen) atoms. The SMILES string of the molecule is [B]c1cnc(C(C)(C)CN)c([B])c1. The normalized spacial score (nSPS) is 11.6. The van der Waals surface area contributed by atoms with Gasteiger partial charge in [0.25, 0.3) is 0 Å². The minimum absolute atomic E-state index is 0.197. The van der Waals surface area contributed by atoms with Gasteiger partial charge < -0.3 is 5.73 Å². The highest BCUT2D eigenvalue weighted by atomic mass is 14.7. The molecule has 0 atom stereocenters. The van der Waals surface area contributed by atoms with E-state index in [0.29, 0.717) is 17.5 Å². The first-order chi connectivity index (χ1) is 5.97. The molecule has 0 aliphatic carbocycles. The van der Waals surface area contributed by atoms with Crippen LogP contribution in [0, 0.1) is 0 Å². The summed E-state index contributed by atoms with van der Waals surface area (Å²) in [5.41, 5.74) is 7.42. The van der Waals surface area contributed by atoms with Crippen molar-refractivity contribution in [2.75, 3.05) is 6.54 Å². The van der Waals surface area contributed by atoms with Crippen molar-refractivity contribution in [3.8, 4) is 0 Å². The smallest absolute Gasteiger partial charge is 0.116 e. The number of aromatic nitrogens is 1. The summed E-state index contributed by atoms with van der Waals surface area (Å²) >= 11 is 0. The lowest BCUT2D eigenvalue weighted by atomic mass is 9.78. The number of pyridine rings is 1. The maximum Gasteiger partial charge on any atom is 0.116 e. The molecule has 0 fully saturated rings. The summed E-state index contributed by atoms with van der Waals surface area (Å²) in [6.07, 6.45) is 1.60. The van der Waals surface area contributed by atoms with Gasteiger partial charge in [0.15, 0.2) is 0 Å². The second kappa shape index (κ2) is 3.54. The molecular weight excluding hydrogens is 158 g/mol. The molecule has 0 aromatic carbocycles. The molecule has 1 aromatic heterocycles. The Kier molecular flexibility index (Phi) is 2.81. The lowest BCUT2D eigenvalue weighted by Crippen LogP contribution is -2.36. The molecule has 0 bridgehead atoms. The van der Waals surface area contributed by atoms with Crippen LogP contribution in [0.15, 0.2) is 12.3 Å². The van der Waals surface area contributed by atoms with Crippen LogP contribution in [0.4, 0.5) is 0 Å². The quantitative estimate of drug-likeness (QED) is 0.572. The van der Waals surface area contributed by atoms with Gasteiger partial charge in [-0.2, -0.15) is 0 Å². The summed E-state index contributed by atoms with van der Waals surface area (Å²) in [6, 6.07) is 1.71. The Bertz CT molecular complexity index is 310. The van der Waals surface area contributed by atoms with Gasteiger partial charge >= 0.3 is 0 Å². The zero-order valence-electron chi connectivity index (χ0n) is 8.04. The first-order valence-corrected chi connectivity index (χ1v) is 4.19. The number of nitrogens with two attached hydrogens (primary N) is 1. The average Bonchev–Trinajstić information content (AvgIpc) is 2.03. The van der Waals surface area contributed by atoms with Crippen LogP contribution in [0.3, 0.4) is 0 Å². The molecule has 0 aliphatic rings. The van der Waals surface area contributed by atoms with Crippen molar-refractivity contribution < 1.29 is 0 Å². The minimum atomic E-state index is -0.197. The van der Waals surface area contributed by atoms with Gasteiger partial charge in [-0.15, -0.1) is 0 Å². The van der Waals surface area contributed by atoms with Crippen LogP contribution >= 0.6 is 0 Å². The third kappa shape index (κ3) is 2.13. The van der Waals surface area contributed by atoms with Gasteiger partial charge in [0.1, 0.15) is 15.7 Å². The topological polar surface area (TPSA) is 38.9 Å². The largest absolute Gasteiger partial charge is 0.330 e. The highest BCUT2D eigenvalue weighted by molar-refractivity contribution is 6.38. The second-order valence-corrected chi connectivity index (χ2v) is 3.79. The van der Waals surface area contributed by atoms with Gasteiger partial charge in [0, 0.05) is 23.9 Å². The Morgan fingerprint density at radius 1 is 1.46 bits per heavy atom. The van der Waals surface area contributed by atoms with Crippen LogP contribution in [-0.4, -0.2) is 27.2 Å². The number of nitrogens with zero attached hydrogens (tertiary/aromatic N) is 1. The third-order valence-electron chi connectivity index (χ3n) is 2.09. The van der Waals surface area contributed by atoms with E-state index in [0.717, 1.165) is 5.69 Å². The molecule has 1 rings (SSSR count). The summed E-state index contributed by atoms with van der Waals surface area (Å²) in [4.78, 5) is 4.19. The van der Waals surface area contributed by atoms with Crippen molar-refractivity contribution in [1.82, 2.24) is 4.98 Å². The van der Waals surface area contributed by atoms with Crippen LogP contribution in [-0.2, 0) is 5.41 Å². The molecule has 1 heterocycles. The molecule has 0 saturated heterocycles. The predicted octanol–water partition coefficient (Wildman–Crippen LogP) is -1.09. The van der Waals surface area contributed by atoms with E-state index in [2.05, 4.69) is 4.98 Å². The highest BCUT2D eigenvalue weighted by Crippen LogP contribution is 2.16. The molecule has 4 radical (unpaired) electrons. The zero-order chi connectivity index (χ0) is 10.1. The molecule has 0 unspecified atom stereocenters. The second-order valence-electron chi connectivity index (χ2n) is 3.79. The van der Waals surface area contributed by atoms with E-state index in [1.165, 1.54) is 0 Å². The van der Waals surface area contributed by atoms with Crippen LogP contribution in [0.5, 0.6) is 0 Å². The van der Waals surface area contributed by atoms with E-state index in [-0.39, 0.29) is 5.41 Å². The molecule has 0 saturated carbocycles. The van der Waals surface area contributed by atoms with E-state index in [1.807, 2.05) is 13.8 Å². The Hall–Kier alpha value is -0.760. The van der Waals surface area contributed by atoms with Crippen LogP contribution < -0.4 is 16.7 Å². The van der Waals surface area contributed by atoms with Crippen molar-refractivity contribution >= 4 is 26.6 Å². The fourth-order valence-electron chi connectivity index (χ4n) is 1.16. The molecule has 64 valence electrons. The molecule has 1 aromatic rings. The Morgan fingerprint density at radius 2 is 2.08 bits per heavy atom. The maximum atomic E-state index is 5.79. The summed E-state index contributed by atoms with van der Waals surface area (Å²) in [5, 5.41) is 0. The predicted molar refractivity (Wildman–Crippen MR) is 57.1 cm³/mol. The standard InChI is InChI=1S/C9H12B2N2/c1-9(2,5-12)8-7(11)3-6(10)4-13-8/h3-4H,5,12H2,1-2H3. The lowest BCUT2D eigenvalue weighted by molar-refractivity contribution is 0.526. The Morgan fingerprint density at radius 3 is 2.54 bits per heavy atom. The lowest BCUT2D eigenvalue weighted by Gasteiger charge is -2.24. The van der Waals surface area contributed by atoms with Gasteiger partial charge in [0.2, 0.25) is 0 Å². The van der Waals surface area contributed by atoms with E-state index < -0.39 is 0 Å². The fourth-order valence-corrected chi connectivity index (χ4v) is 1.16. The first kappa shape index (κ1) is 10.3. The molecular formula is C9H12B2N2. The van der Waals surface area contributed by atoms with E-state index in [1.54, 1.807) is 12.3 Å². The molecule has 2 nitrogen and oxygen atoms in total. The molecule has 0 spiro atoms. The van der Waals surface area contributed by atoms with Gasteiger partial charge in [-0.1, -0.05) is 30.8 Å². The van der Waals surface area contributed by atoms with Gasteiger partial charge in [-0.25, -0.2) is 0 Å². The van der Waals surface area contributed by atoms with Crippen molar-refractivity contribution in [2.24, 2.45) is 5.73 Å².